The SMILES string of the molecule is CCC1C(=O)NCC(=O)N1CC1CC1. The number of carbonyl (C=O) groups excluding carboxylic acids is 2. The Morgan fingerprint density at radius 3 is 2.71 bits per heavy atom. The van der Waals surface area contributed by atoms with Crippen LogP contribution in [-0.4, -0.2) is 35.8 Å². The van der Waals surface area contributed by atoms with Crippen LogP contribution in [0.4, 0.5) is 0 Å². The predicted octanol–water partition coefficient (Wildman–Crippen LogP) is 0.133. The first-order valence-corrected chi connectivity index (χ1v) is 5.29. The van der Waals surface area contributed by atoms with E-state index in [9.17, 15) is 9.59 Å². The van der Waals surface area contributed by atoms with Gasteiger partial charge in [-0.2, -0.15) is 0 Å². The van der Waals surface area contributed by atoms with E-state index < -0.39 is 0 Å². The van der Waals surface area contributed by atoms with Crippen LogP contribution in [0.3, 0.4) is 0 Å². The van der Waals surface area contributed by atoms with Crippen LogP contribution in [0.2, 0.25) is 0 Å². The van der Waals surface area contributed by atoms with Crippen molar-refractivity contribution in [3.63, 3.8) is 0 Å². The third kappa shape index (κ3) is 1.74. The maximum absolute atomic E-state index is 11.6. The summed E-state index contributed by atoms with van der Waals surface area (Å²) in [5.41, 5.74) is 0. The standard InChI is InChI=1S/C10H16N2O2/c1-2-8-10(14)11-5-9(13)12(8)6-7-3-4-7/h7-8H,2-6H2,1H3,(H,11,14). The maximum atomic E-state index is 11.6. The Balaban J connectivity index is 2.05. The second kappa shape index (κ2) is 3.59. The molecule has 0 aromatic carbocycles. The van der Waals surface area contributed by atoms with E-state index in [1.807, 2.05) is 6.92 Å². The minimum absolute atomic E-state index is 0.00718. The summed E-state index contributed by atoms with van der Waals surface area (Å²) in [6, 6.07) is -0.225. The first kappa shape index (κ1) is 9.49. The molecule has 78 valence electrons. The molecule has 1 atom stereocenters. The van der Waals surface area contributed by atoms with Crippen molar-refractivity contribution in [2.75, 3.05) is 13.1 Å². The lowest BCUT2D eigenvalue weighted by atomic mass is 10.1. The molecule has 14 heavy (non-hydrogen) atoms. The zero-order valence-corrected chi connectivity index (χ0v) is 8.45. The van der Waals surface area contributed by atoms with Crippen LogP contribution in [-0.2, 0) is 9.59 Å². The Kier molecular flexibility index (Phi) is 2.44. The van der Waals surface area contributed by atoms with Gasteiger partial charge in [-0.25, -0.2) is 0 Å². The number of carbonyl (C=O) groups is 2. The van der Waals surface area contributed by atoms with Gasteiger partial charge in [0, 0.05) is 6.54 Å². The zero-order valence-electron chi connectivity index (χ0n) is 8.45. The number of rotatable bonds is 3. The van der Waals surface area contributed by atoms with Gasteiger partial charge in [0.25, 0.3) is 0 Å². The lowest BCUT2D eigenvalue weighted by molar-refractivity contribution is -0.145. The molecule has 1 unspecified atom stereocenters. The molecule has 1 N–H and O–H groups in total. The molecule has 1 aliphatic carbocycles. The molecule has 0 aromatic rings. The van der Waals surface area contributed by atoms with E-state index in [0.29, 0.717) is 12.3 Å². The van der Waals surface area contributed by atoms with Gasteiger partial charge in [0.15, 0.2) is 0 Å². The normalized spacial score (nSPS) is 27.8. The van der Waals surface area contributed by atoms with Crippen LogP contribution >= 0.6 is 0 Å². The summed E-state index contributed by atoms with van der Waals surface area (Å²) in [7, 11) is 0. The van der Waals surface area contributed by atoms with E-state index in [0.717, 1.165) is 6.54 Å². The fourth-order valence-corrected chi connectivity index (χ4v) is 1.91. The van der Waals surface area contributed by atoms with Crippen LogP contribution in [0.5, 0.6) is 0 Å². The number of piperazine rings is 1. The third-order valence-electron chi connectivity index (χ3n) is 2.95. The topological polar surface area (TPSA) is 49.4 Å². The second-order valence-corrected chi connectivity index (χ2v) is 4.13. The predicted molar refractivity (Wildman–Crippen MR) is 51.5 cm³/mol. The Morgan fingerprint density at radius 1 is 1.43 bits per heavy atom. The summed E-state index contributed by atoms with van der Waals surface area (Å²) in [4.78, 5) is 24.8. The van der Waals surface area contributed by atoms with Gasteiger partial charge in [-0.3, -0.25) is 9.59 Å². The van der Waals surface area contributed by atoms with Gasteiger partial charge in [-0.05, 0) is 25.2 Å². The minimum atomic E-state index is -0.225. The van der Waals surface area contributed by atoms with Gasteiger partial charge in [0.1, 0.15) is 6.04 Å². The van der Waals surface area contributed by atoms with Crippen LogP contribution in [0.1, 0.15) is 26.2 Å². The molecule has 0 radical (unpaired) electrons. The number of hydrogen-bond donors (Lipinski definition) is 1. The van der Waals surface area contributed by atoms with Gasteiger partial charge < -0.3 is 10.2 Å². The highest BCUT2D eigenvalue weighted by molar-refractivity contribution is 5.94. The van der Waals surface area contributed by atoms with Crippen molar-refractivity contribution in [1.82, 2.24) is 10.2 Å². The summed E-state index contributed by atoms with van der Waals surface area (Å²) in [6.07, 6.45) is 3.13. The Labute approximate surface area is 83.6 Å². The molecule has 2 rings (SSSR count). The van der Waals surface area contributed by atoms with Gasteiger partial charge in [0.05, 0.1) is 6.54 Å². The average molecular weight is 196 g/mol. The molecule has 0 bridgehead atoms. The van der Waals surface area contributed by atoms with Crippen LogP contribution < -0.4 is 5.32 Å². The minimum Gasteiger partial charge on any atom is -0.345 e. The molecule has 1 saturated heterocycles. The van der Waals surface area contributed by atoms with E-state index in [1.54, 1.807) is 4.90 Å². The molecule has 2 amide bonds. The van der Waals surface area contributed by atoms with Crippen LogP contribution in [0.15, 0.2) is 0 Å². The molecule has 0 aromatic heterocycles. The Hall–Kier alpha value is -1.06. The highest BCUT2D eigenvalue weighted by atomic mass is 16.2. The molecule has 0 spiro atoms. The van der Waals surface area contributed by atoms with E-state index >= 15 is 0 Å². The second-order valence-electron chi connectivity index (χ2n) is 4.13. The van der Waals surface area contributed by atoms with Gasteiger partial charge in [-0.1, -0.05) is 6.92 Å². The largest absolute Gasteiger partial charge is 0.345 e. The first-order valence-electron chi connectivity index (χ1n) is 5.29. The van der Waals surface area contributed by atoms with Gasteiger partial charge >= 0.3 is 0 Å². The number of nitrogens with zero attached hydrogens (tertiary/aromatic N) is 1. The van der Waals surface area contributed by atoms with Crippen molar-refractivity contribution in [3.05, 3.63) is 0 Å². The van der Waals surface area contributed by atoms with E-state index in [-0.39, 0.29) is 24.4 Å². The molecular weight excluding hydrogens is 180 g/mol. The van der Waals surface area contributed by atoms with Crippen molar-refractivity contribution in [1.29, 1.82) is 0 Å². The highest BCUT2D eigenvalue weighted by Gasteiger charge is 2.36. The van der Waals surface area contributed by atoms with Crippen molar-refractivity contribution >= 4 is 11.8 Å². The lowest BCUT2D eigenvalue weighted by Gasteiger charge is -2.34. The quantitative estimate of drug-likeness (QED) is 0.697. The smallest absolute Gasteiger partial charge is 0.243 e. The van der Waals surface area contributed by atoms with E-state index in [1.165, 1.54) is 12.8 Å². The number of nitrogens with one attached hydrogen (secondary N) is 1. The fourth-order valence-electron chi connectivity index (χ4n) is 1.91. The summed E-state index contributed by atoms with van der Waals surface area (Å²) in [6.45, 7) is 2.91. The van der Waals surface area contributed by atoms with Crippen molar-refractivity contribution in [2.24, 2.45) is 5.92 Å². The molecule has 2 fully saturated rings. The molecule has 1 aliphatic heterocycles. The molecule has 2 aliphatic rings. The molecular formula is C10H16N2O2. The summed E-state index contributed by atoms with van der Waals surface area (Å²) >= 11 is 0. The summed E-state index contributed by atoms with van der Waals surface area (Å²) in [5.74, 6) is 0.731. The zero-order chi connectivity index (χ0) is 10.1. The number of hydrogen-bond acceptors (Lipinski definition) is 2. The Morgan fingerprint density at radius 2 is 2.14 bits per heavy atom. The van der Waals surface area contributed by atoms with E-state index in [4.69, 9.17) is 0 Å². The van der Waals surface area contributed by atoms with Gasteiger partial charge in [0.2, 0.25) is 11.8 Å². The third-order valence-corrected chi connectivity index (χ3v) is 2.95. The summed E-state index contributed by atoms with van der Waals surface area (Å²) < 4.78 is 0. The average Bonchev–Trinajstić information content (AvgIpc) is 2.96. The fraction of sp³-hybridized carbons (Fsp3) is 0.800. The molecule has 1 saturated carbocycles. The van der Waals surface area contributed by atoms with Crippen molar-refractivity contribution in [3.8, 4) is 0 Å². The lowest BCUT2D eigenvalue weighted by Crippen LogP contribution is -2.58. The highest BCUT2D eigenvalue weighted by Crippen LogP contribution is 2.31. The molecule has 1 heterocycles. The van der Waals surface area contributed by atoms with Crippen molar-refractivity contribution < 1.29 is 9.59 Å². The maximum Gasteiger partial charge on any atom is 0.243 e. The molecule has 4 nitrogen and oxygen atoms in total. The summed E-state index contributed by atoms with van der Waals surface area (Å²) in [5, 5.41) is 2.63. The number of amides is 2. The van der Waals surface area contributed by atoms with Gasteiger partial charge in [-0.15, -0.1) is 0 Å². The molecule has 4 heteroatoms. The van der Waals surface area contributed by atoms with Crippen molar-refractivity contribution in [2.45, 2.75) is 32.2 Å². The van der Waals surface area contributed by atoms with Crippen LogP contribution in [0, 0.1) is 5.92 Å². The van der Waals surface area contributed by atoms with Crippen LogP contribution in [0.25, 0.3) is 0 Å². The van der Waals surface area contributed by atoms with E-state index in [2.05, 4.69) is 5.32 Å². The monoisotopic (exact) mass is 196 g/mol. The Bertz CT molecular complexity index is 261. The first-order chi connectivity index (χ1) is 6.72.